The molecule has 0 aromatic heterocycles. The molecule has 0 N–H and O–H groups in total. The van der Waals surface area contributed by atoms with Crippen molar-refractivity contribution in [3.8, 4) is 0 Å². The maximum atomic E-state index is 2.82. The van der Waals surface area contributed by atoms with E-state index in [9.17, 15) is 0 Å². The smallest absolute Gasteiger partial charge is 0.147 e. The van der Waals surface area contributed by atoms with Gasteiger partial charge in [0.1, 0.15) is 0 Å². The van der Waals surface area contributed by atoms with E-state index in [4.69, 9.17) is 0 Å². The molecule has 27 heavy (non-hydrogen) atoms. The molecule has 0 amide bonds. The average Bonchev–Trinajstić information content (AvgIpc) is 3.30. The second-order valence-electron chi connectivity index (χ2n) is 9.92. The summed E-state index contributed by atoms with van der Waals surface area (Å²) in [7, 11) is 0. The van der Waals surface area contributed by atoms with Gasteiger partial charge in [0.15, 0.2) is 0 Å². The Bertz CT molecular complexity index is 635. The number of fused-ring (bicyclic) bond motifs is 1. The minimum atomic E-state index is -3.12. The molecule has 3 aliphatic carbocycles. The molecule has 3 heteroatoms. The van der Waals surface area contributed by atoms with Crippen LogP contribution < -0.4 is 0 Å². The Morgan fingerprint density at radius 3 is 2.33 bits per heavy atom. The second-order valence-corrected chi connectivity index (χ2v) is 36.7. The van der Waals surface area contributed by atoms with Crippen LogP contribution in [0, 0.1) is 11.3 Å². The van der Waals surface area contributed by atoms with Crippen molar-refractivity contribution in [2.24, 2.45) is 11.3 Å². The van der Waals surface area contributed by atoms with Gasteiger partial charge >= 0.3 is 158 Å². The van der Waals surface area contributed by atoms with Gasteiger partial charge in [-0.2, -0.15) is 0 Å². The van der Waals surface area contributed by atoms with Crippen LogP contribution in [0.25, 0.3) is 0 Å². The zero-order valence-corrected chi connectivity index (χ0v) is 23.3. The molecule has 0 saturated heterocycles. The van der Waals surface area contributed by atoms with Gasteiger partial charge in [0.2, 0.25) is 0 Å². The molecule has 155 valence electrons. The zero-order valence-electron chi connectivity index (χ0n) is 18.1. The zero-order chi connectivity index (χ0) is 18.2. The van der Waals surface area contributed by atoms with E-state index in [1.165, 1.54) is 49.1 Å². The molecule has 0 heterocycles. The summed E-state index contributed by atoms with van der Waals surface area (Å²) in [6.45, 7) is 7.12. The Balaban J connectivity index is 0.00000182. The molecule has 2 atom stereocenters. The minimum Gasteiger partial charge on any atom is -0.147 e. The largest absolute Gasteiger partial charge is 0.147 e. The Hall–Kier alpha value is 0.410. The number of hydrogen-bond acceptors (Lipinski definition) is 0. The third kappa shape index (κ3) is 4.46. The van der Waals surface area contributed by atoms with Crippen molar-refractivity contribution in [3.05, 3.63) is 45.4 Å². The summed E-state index contributed by atoms with van der Waals surface area (Å²) in [4.78, 5) is 0. The molecule has 0 aromatic rings. The summed E-state index contributed by atoms with van der Waals surface area (Å²) in [5.41, 5.74) is 2.21. The number of halogens is 2. The Morgan fingerprint density at radius 1 is 1.07 bits per heavy atom. The fourth-order valence-corrected chi connectivity index (χ4v) is 29.2. The second kappa shape index (κ2) is 9.48. The van der Waals surface area contributed by atoms with Gasteiger partial charge in [0.05, 0.1) is 0 Å². The van der Waals surface area contributed by atoms with Gasteiger partial charge in [-0.1, -0.05) is 0 Å². The average molecular weight is 579 g/mol. The third-order valence-electron chi connectivity index (χ3n) is 8.27. The van der Waals surface area contributed by atoms with Gasteiger partial charge in [-0.3, -0.25) is 0 Å². The molecule has 0 spiro atoms. The number of allylic oxidation sites excluding steroid dienone is 8. The van der Waals surface area contributed by atoms with Crippen molar-refractivity contribution < 1.29 is 18.5 Å². The molecule has 0 nitrogen and oxygen atoms in total. The maximum absolute atomic E-state index is 3.12. The summed E-state index contributed by atoms with van der Waals surface area (Å²) in [5.74, 6) is 0.753. The van der Waals surface area contributed by atoms with E-state index in [0.717, 1.165) is 9.59 Å². The van der Waals surface area contributed by atoms with E-state index in [2.05, 4.69) is 66.6 Å². The van der Waals surface area contributed by atoms with Crippen LogP contribution in [-0.4, -0.2) is 0 Å². The van der Waals surface area contributed by atoms with E-state index >= 15 is 0 Å². The van der Waals surface area contributed by atoms with Gasteiger partial charge in [-0.05, 0) is 0 Å². The molecule has 2 unspecified atom stereocenters. The van der Waals surface area contributed by atoms with Gasteiger partial charge in [0.25, 0.3) is 0 Å². The topological polar surface area (TPSA) is 0 Å². The van der Waals surface area contributed by atoms with Crippen LogP contribution >= 0.6 is 24.8 Å². The van der Waals surface area contributed by atoms with Crippen LogP contribution in [0.5, 0.6) is 0 Å². The quantitative estimate of drug-likeness (QED) is 0.209. The molecule has 1 saturated carbocycles. The predicted molar refractivity (Wildman–Crippen MR) is 124 cm³/mol. The first-order valence-electron chi connectivity index (χ1n) is 10.9. The molecule has 1 fully saturated rings. The van der Waals surface area contributed by atoms with Crippen LogP contribution in [0.2, 0.25) is 17.2 Å². The minimum absolute atomic E-state index is 0. The fourth-order valence-electron chi connectivity index (χ4n) is 6.06. The molecule has 0 aliphatic heterocycles. The van der Waals surface area contributed by atoms with E-state index in [-0.39, 0.29) is 24.8 Å². The van der Waals surface area contributed by atoms with Crippen LogP contribution in [0.1, 0.15) is 65.7 Å². The van der Waals surface area contributed by atoms with Crippen LogP contribution in [0.15, 0.2) is 45.4 Å². The summed E-state index contributed by atoms with van der Waals surface area (Å²) >= 11 is -3.12. The van der Waals surface area contributed by atoms with Crippen LogP contribution in [0.4, 0.5) is 0 Å². The summed E-state index contributed by atoms with van der Waals surface area (Å²) in [5, 5.41) is 0. The van der Waals surface area contributed by atoms with Crippen molar-refractivity contribution in [3.63, 3.8) is 0 Å². The predicted octanol–water partition coefficient (Wildman–Crippen LogP) is 9.18. The Kier molecular flexibility index (Phi) is 8.94. The molecule has 0 aromatic carbocycles. The molecule has 0 radical (unpaired) electrons. The molecular formula is C24H41Cl2Hf. The van der Waals surface area contributed by atoms with E-state index < -0.39 is 18.5 Å². The summed E-state index contributed by atoms with van der Waals surface area (Å²) in [6.07, 6.45) is 24.6. The van der Waals surface area contributed by atoms with Crippen molar-refractivity contribution in [2.45, 2.75) is 82.9 Å². The fraction of sp³-hybridized carbons (Fsp3) is 0.667. The number of rotatable bonds is 7. The first kappa shape index (κ1) is 25.4. The van der Waals surface area contributed by atoms with E-state index in [1.807, 2.05) is 8.90 Å². The Morgan fingerprint density at radius 2 is 1.78 bits per heavy atom. The van der Waals surface area contributed by atoms with Gasteiger partial charge in [-0.25, -0.2) is 0 Å². The Labute approximate surface area is 182 Å². The van der Waals surface area contributed by atoms with Crippen molar-refractivity contribution >= 4 is 24.8 Å². The van der Waals surface area contributed by atoms with Gasteiger partial charge < -0.3 is 0 Å². The van der Waals surface area contributed by atoms with Crippen molar-refractivity contribution in [1.29, 1.82) is 0 Å². The molecule has 0 bridgehead atoms. The van der Waals surface area contributed by atoms with Gasteiger partial charge in [0, 0.05) is 0 Å². The molecular weight excluding hydrogens is 538 g/mol. The standard InChI is InChI=1S/C13H19.C5H5.C4H9.2CH3.2ClH.Hf/c1-3-13(4-2)9-8-11-6-5-7-12(11)10-13;1-2-4-5-3-1;1-3-4-2;;;;;/h7-11H,3-6H2,1-2H3;1-3H,4H2;1,3-4H2,2H3;2*1H3;2*1H;. The summed E-state index contributed by atoms with van der Waals surface area (Å²) in [6, 6.07) is 0. The molecule has 3 aliphatic rings. The SMILES string of the molecule is CCC[CH2][Hf]([CH3])([CH3])([C]1=CC=CC1)[CH]1CCC2C=CC(CC)(CC)C=C21.Cl.Cl. The van der Waals surface area contributed by atoms with E-state index in [0.29, 0.717) is 5.41 Å². The van der Waals surface area contributed by atoms with E-state index in [1.54, 1.807) is 0 Å². The number of hydrogen-bond donors (Lipinski definition) is 0. The molecule has 3 rings (SSSR count). The van der Waals surface area contributed by atoms with Crippen molar-refractivity contribution in [2.75, 3.05) is 0 Å². The van der Waals surface area contributed by atoms with Crippen LogP contribution in [-0.2, 0) is 18.5 Å². The first-order chi connectivity index (χ1) is 11.9. The third-order valence-corrected chi connectivity index (χ3v) is 34.2. The van der Waals surface area contributed by atoms with Crippen molar-refractivity contribution in [1.82, 2.24) is 0 Å². The van der Waals surface area contributed by atoms with Gasteiger partial charge in [-0.15, -0.1) is 24.8 Å². The summed E-state index contributed by atoms with van der Waals surface area (Å²) < 4.78 is 9.98. The van der Waals surface area contributed by atoms with Crippen LogP contribution in [0.3, 0.4) is 0 Å². The number of unbranched alkanes of at least 4 members (excludes halogenated alkanes) is 1. The monoisotopic (exact) mass is 579 g/mol. The first-order valence-corrected chi connectivity index (χ1v) is 24.5. The normalized spacial score (nSPS) is 26.9. The maximum Gasteiger partial charge on any atom is -0.147 e.